The molecule has 1 aromatic carbocycles. The fourth-order valence-electron chi connectivity index (χ4n) is 2.50. The Labute approximate surface area is 159 Å². The van der Waals surface area contributed by atoms with E-state index in [1.807, 2.05) is 0 Å². The number of aromatic hydroxyl groups is 1. The molecule has 0 aromatic heterocycles. The highest BCUT2D eigenvalue weighted by Crippen LogP contribution is 2.27. The monoisotopic (exact) mass is 383 g/mol. The van der Waals surface area contributed by atoms with Gasteiger partial charge < -0.3 is 20.7 Å². The predicted molar refractivity (Wildman–Crippen MR) is 104 cm³/mol. The van der Waals surface area contributed by atoms with Crippen LogP contribution in [0.5, 0.6) is 11.5 Å². The van der Waals surface area contributed by atoms with Gasteiger partial charge >= 0.3 is 5.97 Å². The number of rotatable bonds is 13. The van der Waals surface area contributed by atoms with Crippen molar-refractivity contribution in [1.29, 1.82) is 0 Å². The summed E-state index contributed by atoms with van der Waals surface area (Å²) >= 11 is 1.48. The van der Waals surface area contributed by atoms with Gasteiger partial charge in [-0.1, -0.05) is 25.8 Å². The molecule has 1 aromatic rings. The molecule has 0 radical (unpaired) electrons. The van der Waals surface area contributed by atoms with Crippen LogP contribution in [0.1, 0.15) is 44.6 Å². The van der Waals surface area contributed by atoms with Crippen LogP contribution in [0.15, 0.2) is 18.2 Å². The lowest BCUT2D eigenvalue weighted by atomic mass is 10.0. The van der Waals surface area contributed by atoms with Gasteiger partial charge in [-0.15, -0.1) is 0 Å². The average molecular weight is 384 g/mol. The number of thioether (sulfide) groups is 1. The van der Waals surface area contributed by atoms with Crippen molar-refractivity contribution < 1.29 is 24.5 Å². The first-order valence-corrected chi connectivity index (χ1v) is 9.89. The van der Waals surface area contributed by atoms with E-state index in [0.717, 1.165) is 24.8 Å². The number of hydrogen-bond acceptors (Lipinski definition) is 6. The average Bonchev–Trinajstić information content (AvgIpc) is 2.62. The van der Waals surface area contributed by atoms with Crippen molar-refractivity contribution in [2.45, 2.75) is 56.7 Å². The van der Waals surface area contributed by atoms with Crippen LogP contribution >= 0.6 is 11.8 Å². The zero-order valence-corrected chi connectivity index (χ0v) is 16.3. The second kappa shape index (κ2) is 11.8. The van der Waals surface area contributed by atoms with Crippen molar-refractivity contribution in [3.63, 3.8) is 0 Å². The van der Waals surface area contributed by atoms with Gasteiger partial charge in [0.1, 0.15) is 11.8 Å². The molecule has 0 bridgehead atoms. The molecule has 0 amide bonds. The summed E-state index contributed by atoms with van der Waals surface area (Å²) in [5.74, 6) is -0.0807. The maximum Gasteiger partial charge on any atom is 0.321 e. The van der Waals surface area contributed by atoms with Crippen LogP contribution in [-0.4, -0.2) is 46.1 Å². The Hall–Kier alpha value is -1.73. The van der Waals surface area contributed by atoms with Gasteiger partial charge in [-0.2, -0.15) is 11.8 Å². The van der Waals surface area contributed by atoms with Crippen molar-refractivity contribution in [2.24, 2.45) is 5.73 Å². The minimum atomic E-state index is -1.01. The molecule has 2 unspecified atom stereocenters. The number of carboxylic acid groups (broad SMARTS) is 1. The van der Waals surface area contributed by atoms with Gasteiger partial charge in [-0.05, 0) is 30.5 Å². The van der Waals surface area contributed by atoms with Crippen LogP contribution in [0.4, 0.5) is 0 Å². The first-order valence-electron chi connectivity index (χ1n) is 8.84. The van der Waals surface area contributed by atoms with Crippen molar-refractivity contribution in [1.82, 2.24) is 0 Å². The summed E-state index contributed by atoms with van der Waals surface area (Å²) in [6.45, 7) is 2.09. The molecule has 0 saturated carbocycles. The van der Waals surface area contributed by atoms with Crippen LogP contribution in [0.2, 0.25) is 0 Å². The zero-order valence-electron chi connectivity index (χ0n) is 15.4. The van der Waals surface area contributed by atoms with E-state index in [2.05, 4.69) is 6.92 Å². The summed E-state index contributed by atoms with van der Waals surface area (Å²) in [5, 5.41) is 18.6. The number of Topliss-reactive ketones (excluding diaryl/α,β-unsaturated/α-hetero) is 1. The Morgan fingerprint density at radius 3 is 2.69 bits per heavy atom. The number of carbonyl (C=O) groups is 2. The number of aliphatic carboxylic acids is 1. The second-order valence-electron chi connectivity index (χ2n) is 6.29. The van der Waals surface area contributed by atoms with Crippen LogP contribution in [0.25, 0.3) is 0 Å². The molecule has 1 rings (SSSR count). The minimum Gasteiger partial charge on any atom is -0.504 e. The van der Waals surface area contributed by atoms with Crippen molar-refractivity contribution in [2.75, 3.05) is 12.9 Å². The van der Waals surface area contributed by atoms with Crippen LogP contribution in [0, 0.1) is 0 Å². The Kier molecular flexibility index (Phi) is 10.1. The van der Waals surface area contributed by atoms with E-state index in [4.69, 9.17) is 15.6 Å². The number of ether oxygens (including phenoxy) is 1. The van der Waals surface area contributed by atoms with Crippen molar-refractivity contribution >= 4 is 23.5 Å². The Morgan fingerprint density at radius 1 is 1.35 bits per heavy atom. The molecule has 0 saturated heterocycles. The number of nitrogens with two attached hydrogens (primary N) is 1. The molecule has 0 aliphatic carbocycles. The third kappa shape index (κ3) is 8.10. The van der Waals surface area contributed by atoms with E-state index in [1.165, 1.54) is 18.9 Å². The Balaban J connectivity index is 2.53. The number of ketones is 1. The van der Waals surface area contributed by atoms with E-state index in [1.54, 1.807) is 18.2 Å². The van der Waals surface area contributed by atoms with E-state index < -0.39 is 12.0 Å². The first-order chi connectivity index (χ1) is 12.4. The molecule has 26 heavy (non-hydrogen) atoms. The van der Waals surface area contributed by atoms with Gasteiger partial charge in [-0.3, -0.25) is 9.59 Å². The molecular formula is C19H29NO5S. The van der Waals surface area contributed by atoms with Gasteiger partial charge in [0, 0.05) is 23.8 Å². The fourth-order valence-corrected chi connectivity index (χ4v) is 3.76. The number of unbranched alkanes of at least 4 members (excludes halogenated alkanes) is 1. The number of benzene rings is 1. The van der Waals surface area contributed by atoms with Crippen molar-refractivity contribution in [3.05, 3.63) is 23.8 Å². The molecule has 4 N–H and O–H groups in total. The normalized spacial score (nSPS) is 13.2. The number of phenolic OH excluding ortho intramolecular Hbond substituents is 1. The standard InChI is InChI=1S/C19H29NO5S/c1-3-4-5-15(26-12-16(20)19(23)24)11-14(21)8-6-13-7-9-17(22)18(10-13)25-2/h7,9-10,15-16,22H,3-6,8,11-12,20H2,1-2H3,(H,23,24). The Bertz CT molecular complexity index is 593. The molecule has 2 atom stereocenters. The van der Waals surface area contributed by atoms with E-state index in [-0.39, 0.29) is 16.8 Å². The number of aryl methyl sites for hydroxylation is 1. The lowest BCUT2D eigenvalue weighted by molar-refractivity contribution is -0.137. The molecule has 6 nitrogen and oxygen atoms in total. The minimum absolute atomic E-state index is 0.0772. The molecule has 0 heterocycles. The predicted octanol–water partition coefficient (Wildman–Crippen LogP) is 3.00. The summed E-state index contributed by atoms with van der Waals surface area (Å²) in [4.78, 5) is 23.2. The lowest BCUT2D eigenvalue weighted by Crippen LogP contribution is -2.33. The first kappa shape index (κ1) is 22.3. The quantitative estimate of drug-likeness (QED) is 0.480. The summed E-state index contributed by atoms with van der Waals surface area (Å²) in [5.41, 5.74) is 6.49. The summed E-state index contributed by atoms with van der Waals surface area (Å²) in [6.07, 6.45) is 4.32. The maximum atomic E-state index is 12.3. The highest BCUT2D eigenvalue weighted by Gasteiger charge is 2.18. The summed E-state index contributed by atoms with van der Waals surface area (Å²) < 4.78 is 5.08. The zero-order chi connectivity index (χ0) is 19.5. The highest BCUT2D eigenvalue weighted by atomic mass is 32.2. The van der Waals surface area contributed by atoms with E-state index >= 15 is 0 Å². The fraction of sp³-hybridized carbons (Fsp3) is 0.579. The molecule has 0 spiro atoms. The number of carbonyl (C=O) groups excluding carboxylic acids is 1. The largest absolute Gasteiger partial charge is 0.504 e. The second-order valence-corrected chi connectivity index (χ2v) is 7.62. The molecule has 0 aliphatic heterocycles. The maximum absolute atomic E-state index is 12.3. The van der Waals surface area contributed by atoms with Crippen LogP contribution < -0.4 is 10.5 Å². The highest BCUT2D eigenvalue weighted by molar-refractivity contribution is 8.00. The summed E-state index contributed by atoms with van der Waals surface area (Å²) in [6, 6.07) is 4.17. The van der Waals surface area contributed by atoms with E-state index in [9.17, 15) is 14.7 Å². The van der Waals surface area contributed by atoms with Crippen LogP contribution in [-0.2, 0) is 16.0 Å². The third-order valence-electron chi connectivity index (χ3n) is 4.10. The number of carboxylic acids is 1. The van der Waals surface area contributed by atoms with Gasteiger partial charge in [0.15, 0.2) is 11.5 Å². The van der Waals surface area contributed by atoms with Gasteiger partial charge in [0.05, 0.1) is 7.11 Å². The van der Waals surface area contributed by atoms with E-state index in [0.29, 0.717) is 30.8 Å². The lowest BCUT2D eigenvalue weighted by Gasteiger charge is -2.17. The molecule has 7 heteroatoms. The number of methoxy groups -OCH3 is 1. The number of phenols is 1. The molecule has 0 aliphatic rings. The van der Waals surface area contributed by atoms with Gasteiger partial charge in [0.2, 0.25) is 0 Å². The Morgan fingerprint density at radius 2 is 2.08 bits per heavy atom. The van der Waals surface area contributed by atoms with Crippen molar-refractivity contribution in [3.8, 4) is 11.5 Å². The van der Waals surface area contributed by atoms with Gasteiger partial charge in [0.25, 0.3) is 0 Å². The molecule has 0 fully saturated rings. The SMILES string of the molecule is CCCCC(CC(=O)CCc1ccc(O)c(OC)c1)SCC(N)C(=O)O. The smallest absolute Gasteiger partial charge is 0.321 e. The summed E-state index contributed by atoms with van der Waals surface area (Å²) in [7, 11) is 1.49. The number of hydrogen-bond donors (Lipinski definition) is 3. The molecular weight excluding hydrogens is 354 g/mol. The third-order valence-corrected chi connectivity index (χ3v) is 5.53. The molecule has 146 valence electrons. The topological polar surface area (TPSA) is 110 Å². The van der Waals surface area contributed by atoms with Crippen LogP contribution in [0.3, 0.4) is 0 Å². The van der Waals surface area contributed by atoms with Gasteiger partial charge in [-0.25, -0.2) is 0 Å².